The van der Waals surface area contributed by atoms with Gasteiger partial charge in [-0.15, -0.1) is 0 Å². The highest BCUT2D eigenvalue weighted by molar-refractivity contribution is 6.00. The Hall–Kier alpha value is -3.67. The molecule has 6 heteroatoms. The fourth-order valence-corrected chi connectivity index (χ4v) is 4.47. The molecule has 0 aliphatic carbocycles. The average Bonchev–Trinajstić information content (AvgIpc) is 2.87. The summed E-state index contributed by atoms with van der Waals surface area (Å²) in [6.07, 6.45) is 4.85. The first-order chi connectivity index (χ1) is 16.1. The Morgan fingerprint density at radius 1 is 1.03 bits per heavy atom. The molecule has 1 fully saturated rings. The molecule has 1 aromatic heterocycles. The van der Waals surface area contributed by atoms with Gasteiger partial charge in [-0.05, 0) is 47.4 Å². The van der Waals surface area contributed by atoms with Gasteiger partial charge in [0.05, 0.1) is 12.7 Å². The van der Waals surface area contributed by atoms with Gasteiger partial charge in [-0.3, -0.25) is 14.6 Å². The Kier molecular flexibility index (Phi) is 7.03. The van der Waals surface area contributed by atoms with Crippen LogP contribution in [0.4, 0.5) is 0 Å². The van der Waals surface area contributed by atoms with Crippen LogP contribution in [0.3, 0.4) is 0 Å². The minimum atomic E-state index is -0.578. The second-order valence-electron chi connectivity index (χ2n) is 8.14. The van der Waals surface area contributed by atoms with Gasteiger partial charge in [0.25, 0.3) is 5.91 Å². The zero-order valence-corrected chi connectivity index (χ0v) is 19.1. The molecule has 0 saturated carbocycles. The summed E-state index contributed by atoms with van der Waals surface area (Å²) < 4.78 is 5.43. The molecular formula is C27H29N3O3. The molecule has 6 nitrogen and oxygen atoms in total. The van der Waals surface area contributed by atoms with Crippen LogP contribution >= 0.6 is 0 Å². The molecule has 2 aromatic carbocycles. The van der Waals surface area contributed by atoms with E-state index >= 15 is 0 Å². The highest BCUT2D eigenvalue weighted by atomic mass is 16.5. The van der Waals surface area contributed by atoms with Crippen molar-refractivity contribution in [1.29, 1.82) is 0 Å². The van der Waals surface area contributed by atoms with Crippen LogP contribution in [0, 0.1) is 0 Å². The van der Waals surface area contributed by atoms with Crippen molar-refractivity contribution in [3.8, 4) is 16.9 Å². The van der Waals surface area contributed by atoms with Crippen LogP contribution in [0.1, 0.15) is 29.3 Å². The summed E-state index contributed by atoms with van der Waals surface area (Å²) in [6, 6.07) is 18.6. The number of hydrogen-bond acceptors (Lipinski definition) is 4. The molecular weight excluding hydrogens is 414 g/mol. The zero-order chi connectivity index (χ0) is 23.2. The van der Waals surface area contributed by atoms with Gasteiger partial charge in [0.15, 0.2) is 0 Å². The van der Waals surface area contributed by atoms with E-state index < -0.39 is 6.04 Å². The zero-order valence-electron chi connectivity index (χ0n) is 19.1. The van der Waals surface area contributed by atoms with Gasteiger partial charge in [0.2, 0.25) is 5.91 Å². The van der Waals surface area contributed by atoms with Crippen LogP contribution in [0.15, 0.2) is 73.1 Å². The number of methoxy groups -OCH3 is 1. The largest absolute Gasteiger partial charge is 0.496 e. The van der Waals surface area contributed by atoms with E-state index in [2.05, 4.69) is 11.9 Å². The summed E-state index contributed by atoms with van der Waals surface area (Å²) >= 11 is 0. The van der Waals surface area contributed by atoms with E-state index in [0.717, 1.165) is 23.1 Å². The molecule has 2 heterocycles. The third kappa shape index (κ3) is 4.75. The number of para-hydroxylation sites is 1. The standard InChI is InChI=1S/C27H29N3O3/c1-3-16-29-17-18-30(26(31)23-10-6-7-11-25(23)33-2)24(27(29)32)19-21-8-4-5-9-22(21)20-12-14-28-15-13-20/h4-15,24H,3,16-19H2,1-2H3. The van der Waals surface area contributed by atoms with Crippen molar-refractivity contribution in [2.24, 2.45) is 0 Å². The molecule has 1 unspecified atom stereocenters. The van der Waals surface area contributed by atoms with Gasteiger partial charge in [0.1, 0.15) is 11.8 Å². The summed E-state index contributed by atoms with van der Waals surface area (Å²) in [5.74, 6) is 0.334. The number of nitrogens with zero attached hydrogens (tertiary/aromatic N) is 3. The van der Waals surface area contributed by atoms with Crippen molar-refractivity contribution < 1.29 is 14.3 Å². The molecule has 0 bridgehead atoms. The molecule has 1 aliphatic rings. The third-order valence-electron chi connectivity index (χ3n) is 6.10. The van der Waals surface area contributed by atoms with Crippen molar-refractivity contribution in [2.75, 3.05) is 26.7 Å². The monoisotopic (exact) mass is 443 g/mol. The molecule has 1 atom stereocenters. The maximum absolute atomic E-state index is 13.6. The second kappa shape index (κ2) is 10.3. The molecule has 33 heavy (non-hydrogen) atoms. The number of benzene rings is 2. The van der Waals surface area contributed by atoms with E-state index in [1.54, 1.807) is 36.5 Å². The smallest absolute Gasteiger partial charge is 0.258 e. The molecule has 4 rings (SSSR count). The van der Waals surface area contributed by atoms with Crippen LogP contribution in [0.25, 0.3) is 11.1 Å². The van der Waals surface area contributed by atoms with Gasteiger partial charge in [-0.25, -0.2) is 0 Å². The Morgan fingerprint density at radius 3 is 2.52 bits per heavy atom. The molecule has 0 spiro atoms. The van der Waals surface area contributed by atoms with Gasteiger partial charge >= 0.3 is 0 Å². The normalized spacial score (nSPS) is 16.1. The van der Waals surface area contributed by atoms with Crippen molar-refractivity contribution in [3.05, 3.63) is 84.2 Å². The van der Waals surface area contributed by atoms with Crippen LogP contribution in [0.5, 0.6) is 5.75 Å². The summed E-state index contributed by atoms with van der Waals surface area (Å²) in [6.45, 7) is 3.78. The number of carbonyl (C=O) groups is 2. The van der Waals surface area contributed by atoms with Crippen LogP contribution in [-0.4, -0.2) is 59.4 Å². The maximum atomic E-state index is 13.6. The van der Waals surface area contributed by atoms with E-state index in [1.807, 2.05) is 53.4 Å². The van der Waals surface area contributed by atoms with E-state index in [9.17, 15) is 9.59 Å². The predicted molar refractivity (Wildman–Crippen MR) is 128 cm³/mol. The topological polar surface area (TPSA) is 62.7 Å². The van der Waals surface area contributed by atoms with Crippen LogP contribution in [0.2, 0.25) is 0 Å². The molecule has 3 aromatic rings. The molecule has 0 N–H and O–H groups in total. The van der Waals surface area contributed by atoms with E-state index in [0.29, 0.717) is 37.4 Å². The number of carbonyl (C=O) groups excluding carboxylic acids is 2. The number of rotatable bonds is 7. The minimum Gasteiger partial charge on any atom is -0.496 e. The summed E-state index contributed by atoms with van der Waals surface area (Å²) in [5.41, 5.74) is 3.59. The number of pyridine rings is 1. The fraction of sp³-hybridized carbons (Fsp3) is 0.296. The number of ether oxygens (including phenoxy) is 1. The summed E-state index contributed by atoms with van der Waals surface area (Å²) in [4.78, 5) is 34.9. The lowest BCUT2D eigenvalue weighted by atomic mass is 9.93. The lowest BCUT2D eigenvalue weighted by Gasteiger charge is -2.41. The second-order valence-corrected chi connectivity index (χ2v) is 8.14. The van der Waals surface area contributed by atoms with Crippen molar-refractivity contribution >= 4 is 11.8 Å². The lowest BCUT2D eigenvalue weighted by molar-refractivity contribution is -0.140. The summed E-state index contributed by atoms with van der Waals surface area (Å²) in [5, 5.41) is 0. The van der Waals surface area contributed by atoms with Gasteiger partial charge in [-0.2, -0.15) is 0 Å². The Bertz CT molecular complexity index is 1120. The molecule has 1 saturated heterocycles. The molecule has 1 aliphatic heterocycles. The van der Waals surface area contributed by atoms with E-state index in [-0.39, 0.29) is 11.8 Å². The Balaban J connectivity index is 1.71. The lowest BCUT2D eigenvalue weighted by Crippen LogP contribution is -2.59. The van der Waals surface area contributed by atoms with Crippen LogP contribution < -0.4 is 4.74 Å². The number of hydrogen-bond donors (Lipinski definition) is 0. The fourth-order valence-electron chi connectivity index (χ4n) is 4.47. The molecule has 2 amide bonds. The van der Waals surface area contributed by atoms with Gasteiger partial charge in [0, 0.05) is 38.4 Å². The third-order valence-corrected chi connectivity index (χ3v) is 6.10. The molecule has 170 valence electrons. The van der Waals surface area contributed by atoms with Crippen molar-refractivity contribution in [3.63, 3.8) is 0 Å². The minimum absolute atomic E-state index is 0.00382. The maximum Gasteiger partial charge on any atom is 0.258 e. The highest BCUT2D eigenvalue weighted by Gasteiger charge is 2.38. The average molecular weight is 444 g/mol. The van der Waals surface area contributed by atoms with Crippen LogP contribution in [-0.2, 0) is 11.2 Å². The van der Waals surface area contributed by atoms with Gasteiger partial charge in [-0.1, -0.05) is 43.3 Å². The van der Waals surface area contributed by atoms with Crippen molar-refractivity contribution in [1.82, 2.24) is 14.8 Å². The SMILES string of the molecule is CCCN1CCN(C(=O)c2ccccc2OC)C(Cc2ccccc2-c2ccncc2)C1=O. The quantitative estimate of drug-likeness (QED) is 0.552. The molecule has 0 radical (unpaired) electrons. The first kappa shape index (κ1) is 22.5. The number of amides is 2. The number of aromatic nitrogens is 1. The van der Waals surface area contributed by atoms with E-state index in [1.165, 1.54) is 0 Å². The Labute approximate surface area is 194 Å². The first-order valence-corrected chi connectivity index (χ1v) is 11.3. The van der Waals surface area contributed by atoms with E-state index in [4.69, 9.17) is 4.74 Å². The Morgan fingerprint density at radius 2 is 1.76 bits per heavy atom. The summed E-state index contributed by atoms with van der Waals surface area (Å²) in [7, 11) is 1.55. The highest BCUT2D eigenvalue weighted by Crippen LogP contribution is 2.28. The predicted octanol–water partition coefficient (Wildman–Crippen LogP) is 4.06. The first-order valence-electron chi connectivity index (χ1n) is 11.3. The van der Waals surface area contributed by atoms with Crippen molar-refractivity contribution in [2.45, 2.75) is 25.8 Å². The number of piperazine rings is 1. The van der Waals surface area contributed by atoms with Gasteiger partial charge < -0.3 is 14.5 Å².